The molecule has 3 aliphatic heterocycles. The number of nitrogens with zero attached hydrogens (tertiary/aromatic N) is 5. The molecule has 1 N–H and O–H groups in total. The van der Waals surface area contributed by atoms with Crippen molar-refractivity contribution in [1.29, 1.82) is 0 Å². The van der Waals surface area contributed by atoms with Gasteiger partial charge in [0.25, 0.3) is 5.91 Å². The number of thiophene rings is 1. The van der Waals surface area contributed by atoms with Gasteiger partial charge in [0.2, 0.25) is 0 Å². The van der Waals surface area contributed by atoms with Gasteiger partial charge in [-0.15, -0.1) is 11.3 Å². The standard InChI is InChI=1S/C34H38FN5O2S/c1-3-39-12-11-29-21(18-39)8-9-32(37-29)36-24-14-22(17-38(2)19-24)27-15-23(35)16-30(28(27)20-41)40-13-10-26-25-6-4-5-7-31(25)43-33(26)34(40)42/h8-9,14-16,41H,3-7,10-13,17-20H2,1-2H3. The van der Waals surface area contributed by atoms with Crippen molar-refractivity contribution in [2.45, 2.75) is 58.6 Å². The minimum absolute atomic E-state index is 0.0792. The number of halogens is 1. The number of hydrogen-bond donors (Lipinski definition) is 1. The number of likely N-dealkylation sites (N-methyl/N-ethyl adjacent to an activating group) is 2. The molecular formula is C34H38FN5O2S. The Hall–Kier alpha value is -3.24. The monoisotopic (exact) mass is 599 g/mol. The molecular weight excluding hydrogens is 561 g/mol. The van der Waals surface area contributed by atoms with Crippen LogP contribution < -0.4 is 4.90 Å². The first-order chi connectivity index (χ1) is 20.9. The van der Waals surface area contributed by atoms with Crippen LogP contribution in [0.25, 0.3) is 5.57 Å². The molecule has 4 aliphatic rings. The molecule has 2 aromatic heterocycles. The molecule has 1 aromatic carbocycles. The van der Waals surface area contributed by atoms with Crippen LogP contribution >= 0.6 is 11.3 Å². The normalized spacial score (nSPS) is 20.2. The van der Waals surface area contributed by atoms with Crippen molar-refractivity contribution in [3.8, 4) is 0 Å². The maximum Gasteiger partial charge on any atom is 0.268 e. The number of carbonyl (C=O) groups excluding carboxylic acids is 1. The zero-order valence-corrected chi connectivity index (χ0v) is 25.8. The Morgan fingerprint density at radius 3 is 2.74 bits per heavy atom. The second-order valence-corrected chi connectivity index (χ2v) is 13.3. The minimum Gasteiger partial charge on any atom is -0.392 e. The van der Waals surface area contributed by atoms with E-state index in [0.29, 0.717) is 42.3 Å². The molecule has 0 atom stereocenters. The summed E-state index contributed by atoms with van der Waals surface area (Å²) < 4.78 is 15.3. The number of pyridine rings is 1. The van der Waals surface area contributed by atoms with Crippen LogP contribution in [0.4, 0.5) is 15.9 Å². The van der Waals surface area contributed by atoms with Crippen LogP contribution in [0.5, 0.6) is 0 Å². The van der Waals surface area contributed by atoms with Crippen LogP contribution in [0, 0.1) is 5.82 Å². The maximum absolute atomic E-state index is 15.3. The summed E-state index contributed by atoms with van der Waals surface area (Å²) in [5.74, 6) is 0.182. The molecule has 5 heterocycles. The maximum atomic E-state index is 15.3. The summed E-state index contributed by atoms with van der Waals surface area (Å²) >= 11 is 1.62. The fourth-order valence-electron chi connectivity index (χ4n) is 7.15. The van der Waals surface area contributed by atoms with Crippen LogP contribution in [0.15, 0.2) is 35.3 Å². The molecule has 0 spiro atoms. The lowest BCUT2D eigenvalue weighted by Crippen LogP contribution is -2.38. The summed E-state index contributed by atoms with van der Waals surface area (Å²) in [6.07, 6.45) is 8.10. The van der Waals surface area contributed by atoms with E-state index in [-0.39, 0.29) is 12.5 Å². The van der Waals surface area contributed by atoms with Gasteiger partial charge in [-0.1, -0.05) is 13.0 Å². The van der Waals surface area contributed by atoms with E-state index in [4.69, 9.17) is 9.98 Å². The number of aromatic nitrogens is 1. The molecule has 0 fully saturated rings. The highest BCUT2D eigenvalue weighted by molar-refractivity contribution is 7.14. The number of benzene rings is 1. The second kappa shape index (κ2) is 11.7. The first-order valence-electron chi connectivity index (χ1n) is 15.5. The predicted octanol–water partition coefficient (Wildman–Crippen LogP) is 5.34. The summed E-state index contributed by atoms with van der Waals surface area (Å²) in [6.45, 7) is 6.54. The number of aliphatic imine (C=N–C) groups is 1. The van der Waals surface area contributed by atoms with Gasteiger partial charge in [-0.05, 0) is 97.8 Å². The largest absolute Gasteiger partial charge is 0.392 e. The topological polar surface area (TPSA) is 72.3 Å². The number of rotatable bonds is 5. The van der Waals surface area contributed by atoms with Crippen molar-refractivity contribution in [2.75, 3.05) is 44.7 Å². The molecule has 43 heavy (non-hydrogen) atoms. The van der Waals surface area contributed by atoms with Crippen LogP contribution in [0.3, 0.4) is 0 Å². The van der Waals surface area contributed by atoms with Gasteiger partial charge in [0.15, 0.2) is 5.82 Å². The van der Waals surface area contributed by atoms with Crippen LogP contribution in [-0.4, -0.2) is 71.3 Å². The summed E-state index contributed by atoms with van der Waals surface area (Å²) in [4.78, 5) is 32.0. The number of hydrogen-bond acceptors (Lipinski definition) is 7. The van der Waals surface area contributed by atoms with Gasteiger partial charge in [-0.25, -0.2) is 14.4 Å². The third-order valence-electron chi connectivity index (χ3n) is 9.32. The lowest BCUT2D eigenvalue weighted by molar-refractivity contribution is 0.0984. The Kier molecular flexibility index (Phi) is 7.75. The van der Waals surface area contributed by atoms with E-state index in [1.807, 2.05) is 19.2 Å². The highest BCUT2D eigenvalue weighted by atomic mass is 32.1. The Bertz CT molecular complexity index is 1660. The lowest BCUT2D eigenvalue weighted by Gasteiger charge is -2.31. The Morgan fingerprint density at radius 1 is 1.05 bits per heavy atom. The highest BCUT2D eigenvalue weighted by Crippen LogP contribution is 2.40. The zero-order chi connectivity index (χ0) is 29.7. The number of amides is 1. The van der Waals surface area contributed by atoms with Crippen molar-refractivity contribution >= 4 is 40.0 Å². The summed E-state index contributed by atoms with van der Waals surface area (Å²) in [7, 11) is 2.01. The van der Waals surface area contributed by atoms with Crippen LogP contribution in [0.2, 0.25) is 0 Å². The highest BCUT2D eigenvalue weighted by Gasteiger charge is 2.34. The number of carbonyl (C=O) groups is 1. The van der Waals surface area contributed by atoms with Gasteiger partial charge in [-0.2, -0.15) is 0 Å². The number of aryl methyl sites for hydroxylation is 1. The molecule has 1 aliphatic carbocycles. The van der Waals surface area contributed by atoms with Crippen molar-refractivity contribution < 1.29 is 14.3 Å². The fraction of sp³-hybridized carbons (Fsp3) is 0.441. The van der Waals surface area contributed by atoms with E-state index in [1.165, 1.54) is 46.5 Å². The van der Waals surface area contributed by atoms with Crippen molar-refractivity contribution in [3.63, 3.8) is 0 Å². The second-order valence-electron chi connectivity index (χ2n) is 12.2. The minimum atomic E-state index is -0.420. The summed E-state index contributed by atoms with van der Waals surface area (Å²) in [6, 6.07) is 7.00. The van der Waals surface area contributed by atoms with E-state index >= 15 is 4.39 Å². The van der Waals surface area contributed by atoms with Gasteiger partial charge >= 0.3 is 0 Å². The van der Waals surface area contributed by atoms with Crippen molar-refractivity contribution in [1.82, 2.24) is 14.8 Å². The predicted molar refractivity (Wildman–Crippen MR) is 170 cm³/mol. The van der Waals surface area contributed by atoms with Gasteiger partial charge < -0.3 is 10.0 Å². The number of anilines is 1. The van der Waals surface area contributed by atoms with Gasteiger partial charge in [0.1, 0.15) is 5.82 Å². The number of aliphatic hydroxyl groups is 1. The Balaban J connectivity index is 1.23. The molecule has 1 amide bonds. The molecule has 7 nitrogen and oxygen atoms in total. The van der Waals surface area contributed by atoms with Crippen molar-refractivity contribution in [2.24, 2.45) is 4.99 Å². The molecule has 0 bridgehead atoms. The van der Waals surface area contributed by atoms with E-state index in [0.717, 1.165) is 67.2 Å². The molecule has 9 heteroatoms. The third-order valence-corrected chi connectivity index (χ3v) is 10.6. The SMILES string of the molecule is CCN1CCc2nc(N=C3C=C(c4cc(F)cc(N5CCc6c(sc7c6CCCC7)C5=O)c4CO)CN(C)C3)ccc2C1. The quantitative estimate of drug-likeness (QED) is 0.429. The molecule has 3 aromatic rings. The van der Waals surface area contributed by atoms with Gasteiger partial charge in [-0.3, -0.25) is 14.6 Å². The van der Waals surface area contributed by atoms with E-state index in [2.05, 4.69) is 22.8 Å². The smallest absolute Gasteiger partial charge is 0.268 e. The van der Waals surface area contributed by atoms with Crippen LogP contribution in [-0.2, 0) is 38.8 Å². The Morgan fingerprint density at radius 2 is 1.91 bits per heavy atom. The molecule has 0 unspecified atom stereocenters. The average molecular weight is 600 g/mol. The summed E-state index contributed by atoms with van der Waals surface area (Å²) in [5.41, 5.74) is 8.30. The zero-order valence-electron chi connectivity index (χ0n) is 25.0. The lowest BCUT2D eigenvalue weighted by atomic mass is 9.91. The van der Waals surface area contributed by atoms with Gasteiger partial charge in [0.05, 0.1) is 22.9 Å². The van der Waals surface area contributed by atoms with Crippen LogP contribution in [0.1, 0.15) is 67.8 Å². The first kappa shape index (κ1) is 28.5. The van der Waals surface area contributed by atoms with E-state index < -0.39 is 5.82 Å². The van der Waals surface area contributed by atoms with E-state index in [9.17, 15) is 9.90 Å². The molecule has 0 radical (unpaired) electrons. The molecule has 224 valence electrons. The number of fused-ring (bicyclic) bond motifs is 4. The molecule has 0 saturated carbocycles. The fourth-order valence-corrected chi connectivity index (χ4v) is 8.54. The first-order valence-corrected chi connectivity index (χ1v) is 16.3. The third kappa shape index (κ3) is 5.37. The molecule has 7 rings (SSSR count). The van der Waals surface area contributed by atoms with Crippen molar-refractivity contribution in [3.05, 3.63) is 79.4 Å². The molecule has 0 saturated heterocycles. The average Bonchev–Trinajstić information content (AvgIpc) is 3.40. The van der Waals surface area contributed by atoms with E-state index in [1.54, 1.807) is 16.2 Å². The number of aliphatic hydroxyl groups excluding tert-OH is 1. The summed E-state index contributed by atoms with van der Waals surface area (Å²) in [5, 5.41) is 10.6. The van der Waals surface area contributed by atoms with Gasteiger partial charge in [0, 0.05) is 55.3 Å². The Labute approximate surface area is 256 Å².